The summed E-state index contributed by atoms with van der Waals surface area (Å²) in [5.41, 5.74) is 4.11. The number of carbonyl (C=O) groups excluding carboxylic acids is 1. The lowest BCUT2D eigenvalue weighted by Crippen LogP contribution is -2.28. The fourth-order valence-corrected chi connectivity index (χ4v) is 3.44. The van der Waals surface area contributed by atoms with Gasteiger partial charge in [0.2, 0.25) is 0 Å². The molecule has 0 aromatic heterocycles. The van der Waals surface area contributed by atoms with Crippen molar-refractivity contribution in [2.45, 2.75) is 39.7 Å². The molecular weight excluding hydrogens is 413 g/mol. The summed E-state index contributed by atoms with van der Waals surface area (Å²) < 4.78 is 6.45. The van der Waals surface area contributed by atoms with Gasteiger partial charge in [-0.3, -0.25) is 4.79 Å². The predicted octanol–water partition coefficient (Wildman–Crippen LogP) is 5.22. The second kappa shape index (κ2) is 8.01. The van der Waals surface area contributed by atoms with Crippen molar-refractivity contribution in [2.24, 2.45) is 0 Å². The molecule has 1 atom stereocenters. The third-order valence-electron chi connectivity index (χ3n) is 4.17. The Kier molecular flexibility index (Phi) is 6.27. The maximum Gasteiger partial charge on any atom is 0.252 e. The van der Waals surface area contributed by atoms with Crippen LogP contribution in [0.5, 0.6) is 5.75 Å². The molecule has 0 aliphatic heterocycles. The first-order valence-corrected chi connectivity index (χ1v) is 9.16. The van der Waals surface area contributed by atoms with Crippen molar-refractivity contribution in [3.05, 3.63) is 62.2 Å². The van der Waals surface area contributed by atoms with Crippen molar-refractivity contribution < 1.29 is 9.53 Å². The second-order valence-corrected chi connectivity index (χ2v) is 7.44. The minimum absolute atomic E-state index is 0.0474. The molecular formula is C20H24INO2. The summed E-state index contributed by atoms with van der Waals surface area (Å²) in [6.45, 7) is 8.36. The van der Waals surface area contributed by atoms with Crippen molar-refractivity contribution >= 4 is 28.5 Å². The zero-order chi connectivity index (χ0) is 17.9. The van der Waals surface area contributed by atoms with Crippen molar-refractivity contribution in [2.75, 3.05) is 7.11 Å². The van der Waals surface area contributed by atoms with E-state index in [2.05, 4.69) is 60.8 Å². The summed E-state index contributed by atoms with van der Waals surface area (Å²) in [5, 5.41) is 3.11. The average molecular weight is 437 g/mol. The molecule has 2 aromatic carbocycles. The number of nitrogens with one attached hydrogen (secondary N) is 1. The zero-order valence-corrected chi connectivity index (χ0v) is 17.0. The standard InChI is InChI=1S/C20H24INO2/c1-12(2)16-11-17(13(3)10-19(16)24-5)14(4)22-20(23)15-8-6-7-9-18(15)21/h6-12,14H,1-5H3,(H,22,23). The van der Waals surface area contributed by atoms with Crippen LogP contribution in [0.4, 0.5) is 0 Å². The van der Waals surface area contributed by atoms with Crippen molar-refractivity contribution in [1.82, 2.24) is 5.32 Å². The number of carbonyl (C=O) groups is 1. The number of methoxy groups -OCH3 is 1. The van der Waals surface area contributed by atoms with Crippen molar-refractivity contribution in [1.29, 1.82) is 0 Å². The fraction of sp³-hybridized carbons (Fsp3) is 0.350. The molecule has 0 saturated heterocycles. The van der Waals surface area contributed by atoms with Gasteiger partial charge in [0.15, 0.2) is 0 Å². The number of benzene rings is 2. The molecule has 0 bridgehead atoms. The molecule has 0 spiro atoms. The van der Waals surface area contributed by atoms with E-state index < -0.39 is 0 Å². The largest absolute Gasteiger partial charge is 0.496 e. The number of ether oxygens (including phenoxy) is 1. The predicted molar refractivity (Wildman–Crippen MR) is 107 cm³/mol. The van der Waals surface area contributed by atoms with Gasteiger partial charge in [0.1, 0.15) is 5.75 Å². The summed E-state index contributed by atoms with van der Waals surface area (Å²) in [6.07, 6.45) is 0. The SMILES string of the molecule is COc1cc(C)c(C(C)NC(=O)c2ccccc2I)cc1C(C)C. The molecule has 1 amide bonds. The van der Waals surface area contributed by atoms with Gasteiger partial charge in [-0.1, -0.05) is 26.0 Å². The van der Waals surface area contributed by atoms with Gasteiger partial charge >= 0.3 is 0 Å². The lowest BCUT2D eigenvalue weighted by atomic mass is 9.93. The van der Waals surface area contributed by atoms with Crippen molar-refractivity contribution in [3.8, 4) is 5.75 Å². The minimum Gasteiger partial charge on any atom is -0.496 e. The smallest absolute Gasteiger partial charge is 0.252 e. The van der Waals surface area contributed by atoms with Crippen LogP contribution in [0.2, 0.25) is 0 Å². The highest BCUT2D eigenvalue weighted by molar-refractivity contribution is 14.1. The van der Waals surface area contributed by atoms with E-state index in [0.29, 0.717) is 11.5 Å². The molecule has 0 radical (unpaired) electrons. The van der Waals surface area contributed by atoms with E-state index in [1.54, 1.807) is 7.11 Å². The maximum atomic E-state index is 12.6. The van der Waals surface area contributed by atoms with Crippen LogP contribution in [0.3, 0.4) is 0 Å². The second-order valence-electron chi connectivity index (χ2n) is 6.28. The van der Waals surface area contributed by atoms with Gasteiger partial charge in [-0.25, -0.2) is 0 Å². The molecule has 4 heteroatoms. The number of amides is 1. The van der Waals surface area contributed by atoms with Gasteiger partial charge in [-0.2, -0.15) is 0 Å². The Bertz CT molecular complexity index is 740. The Morgan fingerprint density at radius 3 is 2.38 bits per heavy atom. The Morgan fingerprint density at radius 1 is 1.12 bits per heavy atom. The van der Waals surface area contributed by atoms with Crippen LogP contribution in [0.15, 0.2) is 36.4 Å². The fourth-order valence-electron chi connectivity index (χ4n) is 2.81. The summed E-state index contributed by atoms with van der Waals surface area (Å²) >= 11 is 2.19. The van der Waals surface area contributed by atoms with E-state index >= 15 is 0 Å². The van der Waals surface area contributed by atoms with Crippen LogP contribution in [-0.2, 0) is 0 Å². The van der Waals surface area contributed by atoms with Crippen LogP contribution in [0, 0.1) is 10.5 Å². The third-order valence-corrected chi connectivity index (χ3v) is 5.11. The van der Waals surface area contributed by atoms with Gasteiger partial charge in [-0.15, -0.1) is 0 Å². The van der Waals surface area contributed by atoms with Gasteiger partial charge in [0.05, 0.1) is 18.7 Å². The molecule has 0 heterocycles. The lowest BCUT2D eigenvalue weighted by molar-refractivity contribution is 0.0939. The Balaban J connectivity index is 2.29. The first-order chi connectivity index (χ1) is 11.3. The molecule has 1 unspecified atom stereocenters. The van der Waals surface area contributed by atoms with E-state index in [1.165, 1.54) is 0 Å². The van der Waals surface area contributed by atoms with E-state index in [1.807, 2.05) is 31.2 Å². The maximum absolute atomic E-state index is 12.6. The topological polar surface area (TPSA) is 38.3 Å². The molecule has 128 valence electrons. The molecule has 2 rings (SSSR count). The number of hydrogen-bond acceptors (Lipinski definition) is 2. The number of halogens is 1. The quantitative estimate of drug-likeness (QED) is 0.652. The highest BCUT2D eigenvalue weighted by Gasteiger charge is 2.18. The first kappa shape index (κ1) is 18.8. The van der Waals surface area contributed by atoms with E-state index in [0.717, 1.165) is 26.0 Å². The average Bonchev–Trinajstić information content (AvgIpc) is 2.54. The molecule has 0 fully saturated rings. The number of aryl methyl sites for hydroxylation is 1. The van der Waals surface area contributed by atoms with Crippen molar-refractivity contribution in [3.63, 3.8) is 0 Å². The Morgan fingerprint density at radius 2 is 1.79 bits per heavy atom. The first-order valence-electron chi connectivity index (χ1n) is 8.09. The van der Waals surface area contributed by atoms with E-state index in [-0.39, 0.29) is 11.9 Å². The molecule has 24 heavy (non-hydrogen) atoms. The molecule has 0 aliphatic rings. The van der Waals surface area contributed by atoms with Gasteiger partial charge in [0.25, 0.3) is 5.91 Å². The highest BCUT2D eigenvalue weighted by atomic mass is 127. The zero-order valence-electron chi connectivity index (χ0n) is 14.8. The molecule has 2 aromatic rings. The normalized spacial score (nSPS) is 12.1. The number of rotatable bonds is 5. The van der Waals surface area contributed by atoms with Gasteiger partial charge < -0.3 is 10.1 Å². The molecule has 3 nitrogen and oxygen atoms in total. The lowest BCUT2D eigenvalue weighted by Gasteiger charge is -2.21. The van der Waals surface area contributed by atoms with Crippen LogP contribution in [0.1, 0.15) is 59.8 Å². The summed E-state index contributed by atoms with van der Waals surface area (Å²) in [7, 11) is 1.70. The molecule has 1 N–H and O–H groups in total. The van der Waals surface area contributed by atoms with Crippen LogP contribution in [0.25, 0.3) is 0 Å². The van der Waals surface area contributed by atoms with Crippen LogP contribution in [-0.4, -0.2) is 13.0 Å². The summed E-state index contributed by atoms with van der Waals surface area (Å²) in [6, 6.07) is 11.7. The van der Waals surface area contributed by atoms with E-state index in [4.69, 9.17) is 4.74 Å². The van der Waals surface area contributed by atoms with Gasteiger partial charge in [0, 0.05) is 3.57 Å². The number of hydrogen-bond donors (Lipinski definition) is 1. The molecule has 0 saturated carbocycles. The highest BCUT2D eigenvalue weighted by Crippen LogP contribution is 2.32. The summed E-state index contributed by atoms with van der Waals surface area (Å²) in [5.74, 6) is 1.22. The minimum atomic E-state index is -0.0723. The monoisotopic (exact) mass is 437 g/mol. The Hall–Kier alpha value is -1.56. The Labute approximate surface area is 157 Å². The van der Waals surface area contributed by atoms with Crippen LogP contribution >= 0.6 is 22.6 Å². The summed E-state index contributed by atoms with van der Waals surface area (Å²) in [4.78, 5) is 12.6. The van der Waals surface area contributed by atoms with E-state index in [9.17, 15) is 4.79 Å². The third kappa shape index (κ3) is 4.09. The molecule has 0 aliphatic carbocycles. The van der Waals surface area contributed by atoms with Crippen LogP contribution < -0.4 is 10.1 Å². The van der Waals surface area contributed by atoms with Gasteiger partial charge in [-0.05, 0) is 83.3 Å².